The van der Waals surface area contributed by atoms with Crippen molar-refractivity contribution in [1.82, 2.24) is 10.9 Å². The van der Waals surface area contributed by atoms with Crippen LogP contribution in [0.2, 0.25) is 0 Å². The lowest BCUT2D eigenvalue weighted by Crippen LogP contribution is -2.44. The van der Waals surface area contributed by atoms with E-state index in [1.54, 1.807) is 24.3 Å². The van der Waals surface area contributed by atoms with Gasteiger partial charge >= 0.3 is 0 Å². The van der Waals surface area contributed by atoms with Crippen LogP contribution in [0.4, 0.5) is 0 Å². The number of nitrogens with one attached hydrogen (secondary N) is 2. The first kappa shape index (κ1) is 12.0. The van der Waals surface area contributed by atoms with Crippen LogP contribution in [0.1, 0.15) is 10.4 Å². The van der Waals surface area contributed by atoms with Gasteiger partial charge in [0.15, 0.2) is 0 Å². The Morgan fingerprint density at radius 2 is 2.00 bits per heavy atom. The summed E-state index contributed by atoms with van der Waals surface area (Å²) in [4.78, 5) is 22.4. The van der Waals surface area contributed by atoms with Crippen LogP contribution in [0.3, 0.4) is 0 Å². The number of carbonyl (C=O) groups excluding carboxylic acids is 2. The zero-order valence-electron chi connectivity index (χ0n) is 8.82. The molecule has 1 aromatic carbocycles. The van der Waals surface area contributed by atoms with Crippen molar-refractivity contribution in [1.29, 1.82) is 0 Å². The predicted molar refractivity (Wildman–Crippen MR) is 57.7 cm³/mol. The third-order valence-electron chi connectivity index (χ3n) is 1.85. The van der Waals surface area contributed by atoms with Gasteiger partial charge in [0, 0.05) is 0 Å². The van der Waals surface area contributed by atoms with Crippen LogP contribution in [-0.2, 0) is 4.79 Å². The van der Waals surface area contributed by atoms with E-state index in [1.165, 1.54) is 7.11 Å². The molecule has 0 unspecified atom stereocenters. The minimum absolute atomic E-state index is 0.188. The van der Waals surface area contributed by atoms with Gasteiger partial charge < -0.3 is 10.5 Å². The van der Waals surface area contributed by atoms with Crippen LogP contribution in [-0.4, -0.2) is 25.5 Å². The molecular weight excluding hydrogens is 210 g/mol. The van der Waals surface area contributed by atoms with E-state index in [1.807, 2.05) is 0 Å². The Hall–Kier alpha value is -2.08. The normalized spacial score (nSPS) is 9.38. The largest absolute Gasteiger partial charge is 0.496 e. The molecule has 0 atom stereocenters. The Kier molecular flexibility index (Phi) is 4.28. The molecule has 0 aromatic heterocycles. The highest BCUT2D eigenvalue weighted by Crippen LogP contribution is 2.16. The number of carbonyl (C=O) groups is 2. The van der Waals surface area contributed by atoms with Gasteiger partial charge in [0.1, 0.15) is 5.75 Å². The van der Waals surface area contributed by atoms with Crippen molar-refractivity contribution in [2.45, 2.75) is 0 Å². The van der Waals surface area contributed by atoms with E-state index in [9.17, 15) is 9.59 Å². The van der Waals surface area contributed by atoms with Crippen LogP contribution >= 0.6 is 0 Å². The lowest BCUT2D eigenvalue weighted by molar-refractivity contribution is -0.120. The number of methoxy groups -OCH3 is 1. The number of para-hydroxylation sites is 1. The molecule has 0 saturated heterocycles. The van der Waals surface area contributed by atoms with Crippen molar-refractivity contribution >= 4 is 11.8 Å². The van der Waals surface area contributed by atoms with Gasteiger partial charge in [0.05, 0.1) is 19.2 Å². The van der Waals surface area contributed by atoms with E-state index in [-0.39, 0.29) is 6.54 Å². The second-order valence-electron chi connectivity index (χ2n) is 2.91. The number of ether oxygens (including phenoxy) is 1. The van der Waals surface area contributed by atoms with E-state index in [4.69, 9.17) is 10.5 Å². The highest BCUT2D eigenvalue weighted by Gasteiger charge is 2.11. The Morgan fingerprint density at radius 1 is 1.31 bits per heavy atom. The lowest BCUT2D eigenvalue weighted by atomic mass is 10.2. The second kappa shape index (κ2) is 5.72. The molecule has 1 aromatic rings. The molecule has 0 aliphatic heterocycles. The molecule has 6 heteroatoms. The lowest BCUT2D eigenvalue weighted by Gasteiger charge is -2.09. The van der Waals surface area contributed by atoms with Crippen LogP contribution in [0.25, 0.3) is 0 Å². The number of amides is 2. The van der Waals surface area contributed by atoms with E-state index in [0.29, 0.717) is 11.3 Å². The van der Waals surface area contributed by atoms with Crippen molar-refractivity contribution < 1.29 is 14.3 Å². The van der Waals surface area contributed by atoms with Crippen molar-refractivity contribution in [2.75, 3.05) is 13.7 Å². The van der Waals surface area contributed by atoms with Crippen LogP contribution in [0.15, 0.2) is 24.3 Å². The van der Waals surface area contributed by atoms with Gasteiger partial charge in [-0.15, -0.1) is 0 Å². The van der Waals surface area contributed by atoms with E-state index in [0.717, 1.165) is 0 Å². The zero-order chi connectivity index (χ0) is 12.0. The standard InChI is InChI=1S/C10H13N3O3/c1-16-8-5-3-2-4-7(8)10(15)13-12-9(14)6-11/h2-5H,6,11H2,1H3,(H,12,14)(H,13,15). The quantitative estimate of drug-likeness (QED) is 0.597. The molecule has 0 fully saturated rings. The molecule has 0 radical (unpaired) electrons. The van der Waals surface area contributed by atoms with Crippen LogP contribution < -0.4 is 21.3 Å². The summed E-state index contributed by atoms with van der Waals surface area (Å²) in [5.41, 5.74) is 9.79. The SMILES string of the molecule is COc1ccccc1C(=O)NNC(=O)CN. The first-order valence-electron chi connectivity index (χ1n) is 4.61. The van der Waals surface area contributed by atoms with E-state index >= 15 is 0 Å². The van der Waals surface area contributed by atoms with E-state index in [2.05, 4.69) is 10.9 Å². The molecule has 0 spiro atoms. The fourth-order valence-corrected chi connectivity index (χ4v) is 1.08. The first-order valence-corrected chi connectivity index (χ1v) is 4.61. The summed E-state index contributed by atoms with van der Waals surface area (Å²) in [5.74, 6) is -0.496. The Morgan fingerprint density at radius 3 is 2.62 bits per heavy atom. The maximum atomic E-state index is 11.6. The summed E-state index contributed by atoms with van der Waals surface area (Å²) in [5, 5.41) is 0. The number of hydrogen-bond acceptors (Lipinski definition) is 4. The van der Waals surface area contributed by atoms with Crippen LogP contribution in [0, 0.1) is 0 Å². The predicted octanol–water partition coefficient (Wildman–Crippen LogP) is -0.585. The van der Waals surface area contributed by atoms with Crippen molar-refractivity contribution in [3.63, 3.8) is 0 Å². The van der Waals surface area contributed by atoms with Crippen molar-refractivity contribution in [2.24, 2.45) is 5.73 Å². The summed E-state index contributed by atoms with van der Waals surface area (Å²) < 4.78 is 5.00. The highest BCUT2D eigenvalue weighted by atomic mass is 16.5. The molecule has 0 aliphatic rings. The third-order valence-corrected chi connectivity index (χ3v) is 1.85. The number of hydrazine groups is 1. The maximum absolute atomic E-state index is 11.6. The zero-order valence-corrected chi connectivity index (χ0v) is 8.82. The fraction of sp³-hybridized carbons (Fsp3) is 0.200. The first-order chi connectivity index (χ1) is 7.69. The summed E-state index contributed by atoms with van der Waals surface area (Å²) in [6.07, 6.45) is 0. The molecule has 4 N–H and O–H groups in total. The minimum Gasteiger partial charge on any atom is -0.496 e. The summed E-state index contributed by atoms with van der Waals surface area (Å²) >= 11 is 0. The molecule has 0 aliphatic carbocycles. The third kappa shape index (κ3) is 2.96. The van der Waals surface area contributed by atoms with Gasteiger partial charge in [-0.25, -0.2) is 0 Å². The van der Waals surface area contributed by atoms with Crippen molar-refractivity contribution in [3.05, 3.63) is 29.8 Å². The Labute approximate surface area is 92.7 Å². The number of hydrogen-bond donors (Lipinski definition) is 3. The molecular formula is C10H13N3O3. The Balaban J connectivity index is 2.69. The Bertz CT molecular complexity index is 393. The molecule has 0 bridgehead atoms. The summed E-state index contributed by atoms with van der Waals surface area (Å²) in [7, 11) is 1.46. The van der Waals surface area contributed by atoms with Crippen molar-refractivity contribution in [3.8, 4) is 5.75 Å². The van der Waals surface area contributed by atoms with Gasteiger partial charge in [0.2, 0.25) is 0 Å². The maximum Gasteiger partial charge on any atom is 0.273 e. The molecule has 16 heavy (non-hydrogen) atoms. The molecule has 0 saturated carbocycles. The highest BCUT2D eigenvalue weighted by molar-refractivity contribution is 5.97. The molecule has 0 heterocycles. The molecule has 2 amide bonds. The van der Waals surface area contributed by atoms with Crippen LogP contribution in [0.5, 0.6) is 5.75 Å². The van der Waals surface area contributed by atoms with Gasteiger partial charge in [-0.2, -0.15) is 0 Å². The molecule has 1 rings (SSSR count). The van der Waals surface area contributed by atoms with Gasteiger partial charge in [-0.3, -0.25) is 20.4 Å². The topological polar surface area (TPSA) is 93.5 Å². The van der Waals surface area contributed by atoms with Gasteiger partial charge in [-0.05, 0) is 12.1 Å². The number of rotatable bonds is 3. The second-order valence-corrected chi connectivity index (χ2v) is 2.91. The average Bonchev–Trinajstić information content (AvgIpc) is 2.35. The monoisotopic (exact) mass is 223 g/mol. The van der Waals surface area contributed by atoms with E-state index < -0.39 is 11.8 Å². The van der Waals surface area contributed by atoms with Gasteiger partial charge in [-0.1, -0.05) is 12.1 Å². The number of benzene rings is 1. The average molecular weight is 223 g/mol. The summed E-state index contributed by atoms with van der Waals surface area (Å²) in [6, 6.07) is 6.68. The smallest absolute Gasteiger partial charge is 0.273 e. The number of nitrogens with two attached hydrogens (primary N) is 1. The fourth-order valence-electron chi connectivity index (χ4n) is 1.08. The van der Waals surface area contributed by atoms with Gasteiger partial charge in [0.25, 0.3) is 11.8 Å². The molecule has 86 valence electrons. The molecule has 6 nitrogen and oxygen atoms in total. The minimum atomic E-state index is -0.469. The summed E-state index contributed by atoms with van der Waals surface area (Å²) in [6.45, 7) is -0.188.